The number of halogens is 1. The van der Waals surface area contributed by atoms with Crippen molar-refractivity contribution in [2.24, 2.45) is 7.05 Å². The molecule has 1 aliphatic rings. The smallest absolute Gasteiger partial charge is 0.123 e. The van der Waals surface area contributed by atoms with Crippen molar-refractivity contribution in [1.29, 1.82) is 0 Å². The number of fused-ring (bicyclic) bond motifs is 1. The first-order valence-corrected chi connectivity index (χ1v) is 8.56. The fourth-order valence-electron chi connectivity index (χ4n) is 3.37. The molecule has 0 radical (unpaired) electrons. The third kappa shape index (κ3) is 2.90. The topological polar surface area (TPSA) is 46.0 Å². The highest BCUT2D eigenvalue weighted by molar-refractivity contribution is 6.31. The number of aromatic nitrogens is 3. The van der Waals surface area contributed by atoms with E-state index in [2.05, 4.69) is 32.9 Å². The molecule has 1 aliphatic heterocycles. The van der Waals surface area contributed by atoms with E-state index >= 15 is 0 Å². The Hall–Kier alpha value is -1.95. The minimum atomic E-state index is 0.316. The molecule has 1 atom stereocenters. The average molecular weight is 342 g/mol. The van der Waals surface area contributed by atoms with Gasteiger partial charge in [0.2, 0.25) is 0 Å². The van der Waals surface area contributed by atoms with Gasteiger partial charge in [-0.2, -0.15) is 0 Å². The summed E-state index contributed by atoms with van der Waals surface area (Å²) in [6.07, 6.45) is 3.78. The van der Waals surface area contributed by atoms with Crippen LogP contribution in [0.3, 0.4) is 0 Å². The molecule has 0 amide bonds. The van der Waals surface area contributed by atoms with Crippen molar-refractivity contribution in [3.05, 3.63) is 59.1 Å². The first kappa shape index (κ1) is 15.6. The van der Waals surface area contributed by atoms with Crippen LogP contribution in [-0.2, 0) is 13.6 Å². The van der Waals surface area contributed by atoms with Gasteiger partial charge in [0.05, 0.1) is 17.6 Å². The van der Waals surface area contributed by atoms with Crippen LogP contribution in [0.25, 0.3) is 11.0 Å². The van der Waals surface area contributed by atoms with E-state index in [9.17, 15) is 0 Å². The second-order valence-corrected chi connectivity index (χ2v) is 6.63. The molecule has 24 heavy (non-hydrogen) atoms. The number of pyridine rings is 1. The summed E-state index contributed by atoms with van der Waals surface area (Å²) < 4.78 is 2.14. The van der Waals surface area contributed by atoms with Gasteiger partial charge in [-0.15, -0.1) is 0 Å². The lowest BCUT2D eigenvalue weighted by Crippen LogP contribution is -2.45. The number of imidazole rings is 1. The highest BCUT2D eigenvalue weighted by Crippen LogP contribution is 2.25. The monoisotopic (exact) mass is 341 g/mol. The fourth-order valence-corrected chi connectivity index (χ4v) is 3.54. The van der Waals surface area contributed by atoms with Gasteiger partial charge < -0.3 is 9.88 Å². The van der Waals surface area contributed by atoms with Crippen LogP contribution in [0.15, 0.2) is 42.7 Å². The third-order valence-electron chi connectivity index (χ3n) is 4.70. The molecule has 1 aromatic carbocycles. The van der Waals surface area contributed by atoms with Gasteiger partial charge in [-0.05, 0) is 29.8 Å². The Labute approximate surface area is 146 Å². The van der Waals surface area contributed by atoms with Gasteiger partial charge >= 0.3 is 0 Å². The van der Waals surface area contributed by atoms with Gasteiger partial charge in [0.1, 0.15) is 5.82 Å². The molecule has 3 aromatic rings. The van der Waals surface area contributed by atoms with Gasteiger partial charge in [-0.3, -0.25) is 9.88 Å². The summed E-state index contributed by atoms with van der Waals surface area (Å²) in [6.45, 7) is 3.72. The Bertz CT molecular complexity index is 845. The Balaban J connectivity index is 1.64. The fraction of sp³-hybridized carbons (Fsp3) is 0.333. The number of rotatable bonds is 3. The molecule has 1 saturated heterocycles. The molecule has 1 N–H and O–H groups in total. The largest absolute Gasteiger partial charge is 0.330 e. The number of nitrogens with zero attached hydrogens (tertiary/aromatic N) is 4. The maximum absolute atomic E-state index is 6.13. The number of nitrogens with one attached hydrogen (secondary N) is 1. The number of aryl methyl sites for hydroxylation is 1. The van der Waals surface area contributed by atoms with Gasteiger partial charge in [-0.25, -0.2) is 4.98 Å². The highest BCUT2D eigenvalue weighted by atomic mass is 35.5. The van der Waals surface area contributed by atoms with E-state index in [0.717, 1.165) is 48.1 Å². The lowest BCUT2D eigenvalue weighted by atomic mass is 10.1. The number of hydrogen-bond donors (Lipinski definition) is 1. The zero-order valence-corrected chi connectivity index (χ0v) is 14.4. The standard InChI is InChI=1S/C18H20ClN5/c1-23-16-9-14(19)4-5-15(16)22-18(23)12-24-8-7-21-11-17(24)13-3-2-6-20-10-13/h2-6,9-10,17,21H,7-8,11-12H2,1H3. The molecule has 4 rings (SSSR count). The van der Waals surface area contributed by atoms with Crippen molar-refractivity contribution in [3.8, 4) is 0 Å². The Kier molecular flexibility index (Phi) is 4.22. The van der Waals surface area contributed by atoms with E-state index in [-0.39, 0.29) is 0 Å². The lowest BCUT2D eigenvalue weighted by molar-refractivity contribution is 0.148. The van der Waals surface area contributed by atoms with Crippen LogP contribution < -0.4 is 5.32 Å². The average Bonchev–Trinajstić information content (AvgIpc) is 2.92. The second kappa shape index (κ2) is 6.51. The van der Waals surface area contributed by atoms with Gasteiger partial charge in [0.25, 0.3) is 0 Å². The number of hydrogen-bond acceptors (Lipinski definition) is 4. The summed E-state index contributed by atoms with van der Waals surface area (Å²) in [5, 5.41) is 4.23. The molecular formula is C18H20ClN5. The SMILES string of the molecule is Cn1c(CN2CCNCC2c2cccnc2)nc2ccc(Cl)cc21. The molecule has 1 fully saturated rings. The van der Waals surface area contributed by atoms with Crippen LogP contribution in [-0.4, -0.2) is 39.1 Å². The van der Waals surface area contributed by atoms with Crippen LogP contribution in [0.2, 0.25) is 5.02 Å². The highest BCUT2D eigenvalue weighted by Gasteiger charge is 2.25. The Morgan fingerprint density at radius 1 is 1.33 bits per heavy atom. The molecule has 5 nitrogen and oxygen atoms in total. The van der Waals surface area contributed by atoms with Crippen LogP contribution in [0.4, 0.5) is 0 Å². The minimum absolute atomic E-state index is 0.316. The molecule has 3 heterocycles. The van der Waals surface area contributed by atoms with Gasteiger partial charge in [0.15, 0.2) is 0 Å². The van der Waals surface area contributed by atoms with Crippen molar-refractivity contribution in [2.75, 3.05) is 19.6 Å². The van der Waals surface area contributed by atoms with Crippen molar-refractivity contribution >= 4 is 22.6 Å². The minimum Gasteiger partial charge on any atom is -0.330 e. The van der Waals surface area contributed by atoms with E-state index in [4.69, 9.17) is 16.6 Å². The molecular weight excluding hydrogens is 322 g/mol. The molecule has 0 saturated carbocycles. The van der Waals surface area contributed by atoms with Crippen LogP contribution in [0.1, 0.15) is 17.4 Å². The first-order valence-electron chi connectivity index (χ1n) is 8.18. The van der Waals surface area contributed by atoms with Crippen LogP contribution >= 0.6 is 11.6 Å². The molecule has 0 bridgehead atoms. The van der Waals surface area contributed by atoms with E-state index in [0.29, 0.717) is 6.04 Å². The molecule has 6 heteroatoms. The quantitative estimate of drug-likeness (QED) is 0.795. The van der Waals surface area contributed by atoms with E-state index in [1.807, 2.05) is 36.7 Å². The van der Waals surface area contributed by atoms with E-state index in [1.165, 1.54) is 5.56 Å². The maximum Gasteiger partial charge on any atom is 0.123 e. The van der Waals surface area contributed by atoms with Crippen molar-refractivity contribution in [2.45, 2.75) is 12.6 Å². The maximum atomic E-state index is 6.13. The Morgan fingerprint density at radius 3 is 3.08 bits per heavy atom. The van der Waals surface area contributed by atoms with Crippen LogP contribution in [0, 0.1) is 0 Å². The zero-order chi connectivity index (χ0) is 16.5. The summed E-state index contributed by atoms with van der Waals surface area (Å²) in [7, 11) is 2.06. The first-order chi connectivity index (χ1) is 11.7. The number of piperazine rings is 1. The van der Waals surface area contributed by atoms with Crippen molar-refractivity contribution in [1.82, 2.24) is 24.8 Å². The summed E-state index contributed by atoms with van der Waals surface area (Å²) in [6, 6.07) is 10.3. The second-order valence-electron chi connectivity index (χ2n) is 6.20. The molecule has 124 valence electrons. The van der Waals surface area contributed by atoms with Gasteiger partial charge in [-0.1, -0.05) is 17.7 Å². The normalized spacial score (nSPS) is 19.0. The Morgan fingerprint density at radius 2 is 2.25 bits per heavy atom. The summed E-state index contributed by atoms with van der Waals surface area (Å²) in [5.41, 5.74) is 3.31. The third-order valence-corrected chi connectivity index (χ3v) is 4.94. The van der Waals surface area contributed by atoms with E-state index < -0.39 is 0 Å². The van der Waals surface area contributed by atoms with Crippen LogP contribution in [0.5, 0.6) is 0 Å². The molecule has 1 unspecified atom stereocenters. The van der Waals surface area contributed by atoms with Gasteiger partial charge in [0, 0.05) is 50.1 Å². The summed E-state index contributed by atoms with van der Waals surface area (Å²) in [5.74, 6) is 1.06. The summed E-state index contributed by atoms with van der Waals surface area (Å²) in [4.78, 5) is 11.5. The number of benzene rings is 1. The zero-order valence-electron chi connectivity index (χ0n) is 13.6. The summed E-state index contributed by atoms with van der Waals surface area (Å²) >= 11 is 6.13. The molecule has 2 aromatic heterocycles. The molecule has 0 spiro atoms. The van der Waals surface area contributed by atoms with E-state index in [1.54, 1.807) is 0 Å². The van der Waals surface area contributed by atoms with Crippen molar-refractivity contribution < 1.29 is 0 Å². The predicted octanol–water partition coefficient (Wildman–Crippen LogP) is 2.77. The predicted molar refractivity (Wildman–Crippen MR) is 96.0 cm³/mol. The van der Waals surface area contributed by atoms with Crippen molar-refractivity contribution in [3.63, 3.8) is 0 Å². The molecule has 0 aliphatic carbocycles. The lowest BCUT2D eigenvalue weighted by Gasteiger charge is -2.36.